The molecule has 10 heteroatoms. The number of carbonyl (C=O) groups excluding carboxylic acids is 3. The van der Waals surface area contributed by atoms with Crippen molar-refractivity contribution in [3.63, 3.8) is 0 Å². The van der Waals surface area contributed by atoms with E-state index >= 15 is 0 Å². The summed E-state index contributed by atoms with van der Waals surface area (Å²) in [5, 5.41) is 13.3. The molecule has 1 aliphatic carbocycles. The van der Waals surface area contributed by atoms with Gasteiger partial charge in [0, 0.05) is 38.6 Å². The Hall–Kier alpha value is -2.75. The molecule has 10 nitrogen and oxygen atoms in total. The van der Waals surface area contributed by atoms with Crippen LogP contribution in [0.4, 0.5) is 5.95 Å². The Morgan fingerprint density at radius 2 is 1.79 bits per heavy atom. The lowest BCUT2D eigenvalue weighted by atomic mass is 9.84. The van der Waals surface area contributed by atoms with Gasteiger partial charge in [-0.05, 0) is 23.8 Å². The molecule has 2 atom stereocenters. The molecule has 3 amide bonds. The molecule has 2 fully saturated rings. The number of amides is 3. The molecule has 0 spiro atoms. The molecule has 0 bridgehead atoms. The highest BCUT2D eigenvalue weighted by molar-refractivity contribution is 5.89. The number of nitrogens with zero attached hydrogens (tertiary/aromatic N) is 5. The summed E-state index contributed by atoms with van der Waals surface area (Å²) in [5.41, 5.74) is -0.506. The zero-order valence-corrected chi connectivity index (χ0v) is 20.5. The van der Waals surface area contributed by atoms with E-state index in [9.17, 15) is 19.6 Å². The van der Waals surface area contributed by atoms with Crippen molar-refractivity contribution in [1.82, 2.24) is 25.2 Å². The predicted octanol–water partition coefficient (Wildman–Crippen LogP) is 1.70. The minimum absolute atomic E-state index is 0.0767. The number of aromatic nitrogens is 2. The summed E-state index contributed by atoms with van der Waals surface area (Å²) in [7, 11) is 0. The Balaban J connectivity index is 1.66. The first-order chi connectivity index (χ1) is 16.2. The minimum Gasteiger partial charge on any atom is -0.344 e. The number of carbonyl (C=O) groups is 3. The third-order valence-corrected chi connectivity index (χ3v) is 6.82. The first-order valence-corrected chi connectivity index (χ1v) is 12.2. The Morgan fingerprint density at radius 1 is 1.18 bits per heavy atom. The van der Waals surface area contributed by atoms with Crippen LogP contribution in [0.1, 0.15) is 52.9 Å². The van der Waals surface area contributed by atoms with Crippen molar-refractivity contribution in [3.8, 4) is 0 Å². The number of nitrogens with one attached hydrogen (secondary N) is 1. The van der Waals surface area contributed by atoms with E-state index in [2.05, 4.69) is 15.3 Å². The van der Waals surface area contributed by atoms with Crippen LogP contribution in [0.3, 0.4) is 0 Å². The highest BCUT2D eigenvalue weighted by Crippen LogP contribution is 2.31. The van der Waals surface area contributed by atoms with E-state index in [-0.39, 0.29) is 18.4 Å². The third-order valence-electron chi connectivity index (χ3n) is 6.82. The van der Waals surface area contributed by atoms with E-state index in [0.717, 1.165) is 25.7 Å². The summed E-state index contributed by atoms with van der Waals surface area (Å²) in [6.07, 6.45) is 8.68. The minimum atomic E-state index is -0.714. The van der Waals surface area contributed by atoms with Gasteiger partial charge in [-0.3, -0.25) is 19.6 Å². The fourth-order valence-electron chi connectivity index (χ4n) is 4.85. The molecule has 34 heavy (non-hydrogen) atoms. The molecular formula is C24H38N6O4. The van der Waals surface area contributed by atoms with Gasteiger partial charge in [-0.15, -0.1) is 0 Å². The van der Waals surface area contributed by atoms with Crippen LogP contribution >= 0.6 is 0 Å². The van der Waals surface area contributed by atoms with Crippen LogP contribution in [0.25, 0.3) is 0 Å². The van der Waals surface area contributed by atoms with Crippen LogP contribution < -0.4 is 10.2 Å². The van der Waals surface area contributed by atoms with Crippen LogP contribution in [0.5, 0.6) is 0 Å². The Morgan fingerprint density at radius 3 is 2.35 bits per heavy atom. The third kappa shape index (κ3) is 6.88. The standard InChI is InChI=1S/C24H38N6O4/c1-24(2,3)20(22(33)28-11-13-29(14-12-28)23-25-9-6-10-26-23)27-21(32)19(16-30(34)17-31)15-18-7-4-5-8-18/h6,9-10,17-20,34H,4-5,7-8,11-16H2,1-3H3,(H,27,32)/t19?,20-/m1/s1. The molecule has 1 unspecified atom stereocenters. The summed E-state index contributed by atoms with van der Waals surface area (Å²) >= 11 is 0. The van der Waals surface area contributed by atoms with Gasteiger partial charge in [-0.25, -0.2) is 15.0 Å². The molecule has 1 saturated heterocycles. The molecule has 2 heterocycles. The van der Waals surface area contributed by atoms with Gasteiger partial charge in [0.05, 0.1) is 12.5 Å². The van der Waals surface area contributed by atoms with Crippen LogP contribution in [0.2, 0.25) is 0 Å². The molecule has 1 aromatic rings. The fraction of sp³-hybridized carbons (Fsp3) is 0.708. The Bertz CT molecular complexity index is 817. The molecule has 3 rings (SSSR count). The van der Waals surface area contributed by atoms with E-state index in [0.29, 0.717) is 55.9 Å². The van der Waals surface area contributed by atoms with Crippen molar-refractivity contribution < 1.29 is 19.6 Å². The highest BCUT2D eigenvalue weighted by Gasteiger charge is 2.38. The van der Waals surface area contributed by atoms with E-state index in [4.69, 9.17) is 0 Å². The maximum Gasteiger partial charge on any atom is 0.245 e. The van der Waals surface area contributed by atoms with Gasteiger partial charge < -0.3 is 15.1 Å². The van der Waals surface area contributed by atoms with Crippen LogP contribution in [0, 0.1) is 17.3 Å². The van der Waals surface area contributed by atoms with Crippen molar-refractivity contribution in [3.05, 3.63) is 18.5 Å². The van der Waals surface area contributed by atoms with Crippen molar-refractivity contribution in [2.24, 2.45) is 17.3 Å². The summed E-state index contributed by atoms with van der Waals surface area (Å²) in [6, 6.07) is 1.05. The van der Waals surface area contributed by atoms with Gasteiger partial charge in [0.15, 0.2) is 0 Å². The lowest BCUT2D eigenvalue weighted by Gasteiger charge is -2.40. The molecule has 0 aromatic carbocycles. The normalized spacial score (nSPS) is 18.9. The lowest BCUT2D eigenvalue weighted by molar-refractivity contribution is -0.156. The topological polar surface area (TPSA) is 119 Å². The predicted molar refractivity (Wildman–Crippen MR) is 127 cm³/mol. The van der Waals surface area contributed by atoms with Gasteiger partial charge in [-0.2, -0.15) is 0 Å². The molecule has 0 radical (unpaired) electrons. The first-order valence-electron chi connectivity index (χ1n) is 12.2. The molecule has 188 valence electrons. The zero-order valence-electron chi connectivity index (χ0n) is 20.5. The molecule has 2 aliphatic rings. The summed E-state index contributed by atoms with van der Waals surface area (Å²) < 4.78 is 0. The molecule has 1 aromatic heterocycles. The molecule has 2 N–H and O–H groups in total. The van der Waals surface area contributed by atoms with Gasteiger partial charge in [0.25, 0.3) is 0 Å². The van der Waals surface area contributed by atoms with Crippen LogP contribution in [-0.4, -0.2) is 82.1 Å². The average Bonchev–Trinajstić information content (AvgIpc) is 3.34. The number of hydrogen-bond acceptors (Lipinski definition) is 7. The van der Waals surface area contributed by atoms with E-state index in [1.807, 2.05) is 25.7 Å². The summed E-state index contributed by atoms with van der Waals surface area (Å²) in [5.74, 6) is 0.0624. The number of anilines is 1. The van der Waals surface area contributed by atoms with Crippen LogP contribution in [-0.2, 0) is 14.4 Å². The fourth-order valence-corrected chi connectivity index (χ4v) is 4.85. The van der Waals surface area contributed by atoms with Crippen molar-refractivity contribution >= 4 is 24.2 Å². The quantitative estimate of drug-likeness (QED) is 0.318. The van der Waals surface area contributed by atoms with Crippen molar-refractivity contribution in [2.75, 3.05) is 37.6 Å². The number of hydrogen-bond donors (Lipinski definition) is 2. The second-order valence-corrected chi connectivity index (χ2v) is 10.5. The molecular weight excluding hydrogens is 436 g/mol. The van der Waals surface area contributed by atoms with Gasteiger partial charge in [-0.1, -0.05) is 46.5 Å². The van der Waals surface area contributed by atoms with E-state index in [1.54, 1.807) is 23.4 Å². The van der Waals surface area contributed by atoms with Gasteiger partial charge >= 0.3 is 0 Å². The van der Waals surface area contributed by atoms with E-state index in [1.165, 1.54) is 0 Å². The average molecular weight is 475 g/mol. The van der Waals surface area contributed by atoms with Crippen molar-refractivity contribution in [1.29, 1.82) is 0 Å². The number of rotatable bonds is 9. The number of hydroxylamine groups is 2. The second-order valence-electron chi connectivity index (χ2n) is 10.5. The number of piperazine rings is 1. The van der Waals surface area contributed by atoms with Crippen molar-refractivity contribution in [2.45, 2.75) is 58.9 Å². The molecule has 1 saturated carbocycles. The van der Waals surface area contributed by atoms with Gasteiger partial charge in [0.1, 0.15) is 6.04 Å². The van der Waals surface area contributed by atoms with E-state index < -0.39 is 17.4 Å². The second kappa shape index (κ2) is 11.6. The highest BCUT2D eigenvalue weighted by atomic mass is 16.5. The summed E-state index contributed by atoms with van der Waals surface area (Å²) in [4.78, 5) is 50.2. The smallest absolute Gasteiger partial charge is 0.245 e. The molecule has 1 aliphatic heterocycles. The largest absolute Gasteiger partial charge is 0.344 e. The maximum atomic E-state index is 13.5. The monoisotopic (exact) mass is 474 g/mol. The summed E-state index contributed by atoms with van der Waals surface area (Å²) in [6.45, 7) is 7.97. The maximum absolute atomic E-state index is 13.5. The lowest BCUT2D eigenvalue weighted by Crippen LogP contribution is -2.59. The van der Waals surface area contributed by atoms with Crippen LogP contribution in [0.15, 0.2) is 18.5 Å². The zero-order chi connectivity index (χ0) is 24.7. The first kappa shape index (κ1) is 25.9. The van der Waals surface area contributed by atoms with Gasteiger partial charge in [0.2, 0.25) is 24.2 Å². The SMILES string of the molecule is CC(C)(C)[C@H](NC(=O)C(CC1CCCC1)CN(O)C=O)C(=O)N1CCN(c2ncccn2)CC1. The Labute approximate surface area is 201 Å². The Kier molecular flexibility index (Phi) is 8.82.